The number of benzene rings is 1. The maximum atomic E-state index is 11.7. The van der Waals surface area contributed by atoms with Gasteiger partial charge in [-0.2, -0.15) is 8.42 Å². The zero-order valence-corrected chi connectivity index (χ0v) is 12.6. The second-order valence-corrected chi connectivity index (χ2v) is 6.20. The number of hydrogen-bond acceptors (Lipinski definition) is 5. The zero-order valence-electron chi connectivity index (χ0n) is 11.7. The van der Waals surface area contributed by atoms with Gasteiger partial charge in [-0.1, -0.05) is 30.3 Å². The largest absolute Gasteiger partial charge is 0.373 e. The van der Waals surface area contributed by atoms with E-state index < -0.39 is 10.1 Å². The van der Waals surface area contributed by atoms with Crippen LogP contribution in [0.4, 0.5) is 0 Å². The van der Waals surface area contributed by atoms with Crippen molar-refractivity contribution in [3.05, 3.63) is 35.9 Å². The third-order valence-corrected chi connectivity index (χ3v) is 3.25. The quantitative estimate of drug-likeness (QED) is 0.396. The maximum Gasteiger partial charge on any atom is 0.264 e. The summed E-state index contributed by atoms with van der Waals surface area (Å²) in [4.78, 5) is 11.7. The van der Waals surface area contributed by atoms with Crippen LogP contribution < -0.4 is 0 Å². The van der Waals surface area contributed by atoms with Crippen LogP contribution in [0, 0.1) is 0 Å². The van der Waals surface area contributed by atoms with Gasteiger partial charge in [-0.25, -0.2) is 0 Å². The Morgan fingerprint density at radius 2 is 1.90 bits per heavy atom. The summed E-state index contributed by atoms with van der Waals surface area (Å²) in [5, 5.41) is 0. The Kier molecular flexibility index (Phi) is 6.84. The summed E-state index contributed by atoms with van der Waals surface area (Å²) < 4.78 is 31.8. The SMILES string of the molecule is CC(CCCOCC(=O)c1ccccc1)OS(C)(=O)=O. The van der Waals surface area contributed by atoms with E-state index in [0.29, 0.717) is 25.0 Å². The third-order valence-electron chi connectivity index (χ3n) is 2.57. The Labute approximate surface area is 120 Å². The lowest BCUT2D eigenvalue weighted by molar-refractivity contribution is 0.0738. The summed E-state index contributed by atoms with van der Waals surface area (Å²) >= 11 is 0. The molecule has 0 aliphatic rings. The number of ether oxygens (including phenoxy) is 1. The van der Waals surface area contributed by atoms with Crippen molar-refractivity contribution in [1.29, 1.82) is 0 Å². The van der Waals surface area contributed by atoms with E-state index in [0.717, 1.165) is 6.26 Å². The number of ketones is 1. The van der Waals surface area contributed by atoms with E-state index in [2.05, 4.69) is 0 Å². The minimum atomic E-state index is -3.41. The first kappa shape index (κ1) is 16.8. The minimum absolute atomic E-state index is 0.0331. The number of carbonyl (C=O) groups is 1. The molecule has 0 amide bonds. The highest BCUT2D eigenvalue weighted by Crippen LogP contribution is 2.05. The van der Waals surface area contributed by atoms with Gasteiger partial charge in [0.1, 0.15) is 6.61 Å². The van der Waals surface area contributed by atoms with Crippen molar-refractivity contribution in [2.75, 3.05) is 19.5 Å². The highest BCUT2D eigenvalue weighted by molar-refractivity contribution is 7.86. The molecule has 0 radical (unpaired) electrons. The van der Waals surface area contributed by atoms with Crippen LogP contribution in [0.15, 0.2) is 30.3 Å². The summed E-state index contributed by atoms with van der Waals surface area (Å²) in [6, 6.07) is 8.94. The lowest BCUT2D eigenvalue weighted by Crippen LogP contribution is -2.15. The molecule has 1 rings (SSSR count). The van der Waals surface area contributed by atoms with Crippen molar-refractivity contribution >= 4 is 15.9 Å². The molecule has 0 spiro atoms. The first-order valence-electron chi connectivity index (χ1n) is 6.43. The Morgan fingerprint density at radius 1 is 1.25 bits per heavy atom. The van der Waals surface area contributed by atoms with Gasteiger partial charge in [-0.15, -0.1) is 0 Å². The first-order chi connectivity index (χ1) is 9.38. The highest BCUT2D eigenvalue weighted by atomic mass is 32.2. The molecule has 6 heteroatoms. The fourth-order valence-corrected chi connectivity index (χ4v) is 2.38. The van der Waals surface area contributed by atoms with Crippen molar-refractivity contribution < 1.29 is 22.1 Å². The second-order valence-electron chi connectivity index (χ2n) is 4.59. The molecule has 0 fully saturated rings. The van der Waals surface area contributed by atoms with Crippen LogP contribution in [0.5, 0.6) is 0 Å². The average Bonchev–Trinajstić information content (AvgIpc) is 2.37. The topological polar surface area (TPSA) is 69.7 Å². The Bertz CT molecular complexity index is 510. The fraction of sp³-hybridized carbons (Fsp3) is 0.500. The summed E-state index contributed by atoms with van der Waals surface area (Å²) in [5.74, 6) is -0.0639. The predicted octanol–water partition coefficient (Wildman–Crippen LogP) is 2.03. The van der Waals surface area contributed by atoms with Gasteiger partial charge in [0.15, 0.2) is 5.78 Å². The molecule has 5 nitrogen and oxygen atoms in total. The van der Waals surface area contributed by atoms with E-state index in [1.54, 1.807) is 31.2 Å². The molecule has 0 aliphatic carbocycles. The molecule has 0 saturated heterocycles. The molecule has 0 bridgehead atoms. The summed E-state index contributed by atoms with van der Waals surface area (Å²) in [7, 11) is -3.41. The summed E-state index contributed by atoms with van der Waals surface area (Å²) in [5.41, 5.74) is 0.626. The van der Waals surface area contributed by atoms with Crippen LogP contribution >= 0.6 is 0 Å². The number of carbonyl (C=O) groups excluding carboxylic acids is 1. The van der Waals surface area contributed by atoms with Crippen molar-refractivity contribution in [2.45, 2.75) is 25.9 Å². The van der Waals surface area contributed by atoms with E-state index in [9.17, 15) is 13.2 Å². The Hall–Kier alpha value is -1.24. The zero-order chi connectivity index (χ0) is 15.0. The van der Waals surface area contributed by atoms with E-state index in [1.807, 2.05) is 6.07 Å². The smallest absolute Gasteiger partial charge is 0.264 e. The van der Waals surface area contributed by atoms with Gasteiger partial charge in [-0.05, 0) is 19.8 Å². The standard InChI is InChI=1S/C14H20O5S/c1-12(19-20(2,16)17)7-6-10-18-11-14(15)13-8-4-3-5-9-13/h3-5,8-9,12H,6-7,10-11H2,1-2H3. The van der Waals surface area contributed by atoms with Crippen molar-refractivity contribution in [3.8, 4) is 0 Å². The van der Waals surface area contributed by atoms with Crippen LogP contribution in [0.2, 0.25) is 0 Å². The minimum Gasteiger partial charge on any atom is -0.373 e. The first-order valence-corrected chi connectivity index (χ1v) is 8.24. The van der Waals surface area contributed by atoms with Crippen LogP contribution in [0.3, 0.4) is 0 Å². The monoisotopic (exact) mass is 300 g/mol. The lowest BCUT2D eigenvalue weighted by atomic mass is 10.1. The number of Topliss-reactive ketones (excluding diaryl/α,β-unsaturated/α-hetero) is 1. The second kappa shape index (κ2) is 8.14. The van der Waals surface area contributed by atoms with Gasteiger partial charge in [0.25, 0.3) is 10.1 Å². The molecule has 20 heavy (non-hydrogen) atoms. The summed E-state index contributed by atoms with van der Waals surface area (Å²) in [6.07, 6.45) is 1.85. The highest BCUT2D eigenvalue weighted by Gasteiger charge is 2.10. The van der Waals surface area contributed by atoms with E-state index in [-0.39, 0.29) is 18.5 Å². The molecule has 112 valence electrons. The van der Waals surface area contributed by atoms with Gasteiger partial charge in [-0.3, -0.25) is 8.98 Å². The number of rotatable bonds is 9. The molecule has 0 saturated carbocycles. The molecular weight excluding hydrogens is 280 g/mol. The van der Waals surface area contributed by atoms with Gasteiger partial charge >= 0.3 is 0 Å². The van der Waals surface area contributed by atoms with Crippen molar-refractivity contribution in [2.24, 2.45) is 0 Å². The Morgan fingerprint density at radius 3 is 2.50 bits per heavy atom. The van der Waals surface area contributed by atoms with E-state index in [1.165, 1.54) is 0 Å². The van der Waals surface area contributed by atoms with E-state index in [4.69, 9.17) is 8.92 Å². The Balaban J connectivity index is 2.15. The number of hydrogen-bond donors (Lipinski definition) is 0. The van der Waals surface area contributed by atoms with Crippen LogP contribution in [0.25, 0.3) is 0 Å². The lowest BCUT2D eigenvalue weighted by Gasteiger charge is -2.10. The molecule has 0 heterocycles. The molecule has 1 aromatic carbocycles. The van der Waals surface area contributed by atoms with Crippen LogP contribution in [-0.4, -0.2) is 39.8 Å². The van der Waals surface area contributed by atoms with Crippen LogP contribution in [0.1, 0.15) is 30.1 Å². The fourth-order valence-electron chi connectivity index (χ4n) is 1.69. The van der Waals surface area contributed by atoms with Gasteiger partial charge in [0.2, 0.25) is 0 Å². The molecular formula is C14H20O5S. The molecule has 0 aromatic heterocycles. The molecule has 0 N–H and O–H groups in total. The molecule has 1 aromatic rings. The van der Waals surface area contributed by atoms with Gasteiger partial charge in [0.05, 0.1) is 12.4 Å². The predicted molar refractivity (Wildman–Crippen MR) is 76.2 cm³/mol. The maximum absolute atomic E-state index is 11.7. The summed E-state index contributed by atoms with van der Waals surface area (Å²) in [6.45, 7) is 2.12. The van der Waals surface area contributed by atoms with Crippen LogP contribution in [-0.2, 0) is 19.0 Å². The normalized spacial score (nSPS) is 13.1. The van der Waals surface area contributed by atoms with Crippen molar-refractivity contribution in [3.63, 3.8) is 0 Å². The van der Waals surface area contributed by atoms with E-state index >= 15 is 0 Å². The molecule has 0 aliphatic heterocycles. The van der Waals surface area contributed by atoms with Gasteiger partial charge in [0, 0.05) is 12.2 Å². The average molecular weight is 300 g/mol. The van der Waals surface area contributed by atoms with Crippen molar-refractivity contribution in [1.82, 2.24) is 0 Å². The van der Waals surface area contributed by atoms with Gasteiger partial charge < -0.3 is 4.74 Å². The molecule has 1 unspecified atom stereocenters. The molecule has 1 atom stereocenters. The third kappa shape index (κ3) is 7.37.